The third-order valence-electron chi connectivity index (χ3n) is 10.6. The molecule has 13 heteroatoms. The smallest absolute Gasteiger partial charge is 0.328 e. The summed E-state index contributed by atoms with van der Waals surface area (Å²) >= 11 is 0. The summed E-state index contributed by atoms with van der Waals surface area (Å²) in [5.41, 5.74) is 5.74. The van der Waals surface area contributed by atoms with Gasteiger partial charge in [-0.3, -0.25) is 19.2 Å². The number of hydrogen-bond donors (Lipinski definition) is 3. The predicted molar refractivity (Wildman–Crippen MR) is 193 cm³/mol. The molecule has 51 heavy (non-hydrogen) atoms. The number of ether oxygens (including phenoxy) is 3. The third-order valence-corrected chi connectivity index (χ3v) is 10.6. The molecule has 13 nitrogen and oxygen atoms in total. The van der Waals surface area contributed by atoms with E-state index in [1.807, 2.05) is 44.2 Å². The highest BCUT2D eigenvalue weighted by Crippen LogP contribution is 2.36. The zero-order chi connectivity index (χ0) is 38.0. The molecule has 286 valence electrons. The normalized spacial score (nSPS) is 20.0. The number of nitrogens with zero attached hydrogens (tertiary/aromatic N) is 2. The summed E-state index contributed by atoms with van der Waals surface area (Å²) in [5.74, 6) is -2.52. The first-order chi connectivity index (χ1) is 24.0. The molecule has 0 unspecified atom stereocenters. The van der Waals surface area contributed by atoms with Gasteiger partial charge >= 0.3 is 5.97 Å². The first kappa shape index (κ1) is 41.9. The largest absolute Gasteiger partial charge is 0.467 e. The van der Waals surface area contributed by atoms with Crippen molar-refractivity contribution >= 4 is 29.6 Å². The summed E-state index contributed by atoms with van der Waals surface area (Å²) in [6, 6.07) is 6.91. The Bertz CT molecular complexity index is 1330. The maximum Gasteiger partial charge on any atom is 0.328 e. The molecule has 7 atom stereocenters. The molecule has 1 aliphatic heterocycles. The molecule has 1 heterocycles. The summed E-state index contributed by atoms with van der Waals surface area (Å²) in [4.78, 5) is 70.6. The number of carbonyl (C=O) groups is 5. The molecule has 0 radical (unpaired) electrons. The van der Waals surface area contributed by atoms with Crippen LogP contribution in [0.4, 0.5) is 0 Å². The monoisotopic (exact) mass is 715 g/mol. The number of carbonyl (C=O) groups excluding carboxylic acids is 5. The Balaban J connectivity index is 1.77. The van der Waals surface area contributed by atoms with Crippen molar-refractivity contribution in [2.75, 3.05) is 34.9 Å². The van der Waals surface area contributed by atoms with Gasteiger partial charge in [-0.25, -0.2) is 4.79 Å². The van der Waals surface area contributed by atoms with Crippen molar-refractivity contribution in [3.63, 3.8) is 0 Å². The van der Waals surface area contributed by atoms with Gasteiger partial charge in [0.25, 0.3) is 0 Å². The van der Waals surface area contributed by atoms with Crippen LogP contribution < -0.4 is 16.4 Å². The average molecular weight is 716 g/mol. The van der Waals surface area contributed by atoms with Crippen molar-refractivity contribution in [1.29, 1.82) is 0 Å². The average Bonchev–Trinajstić information content (AvgIpc) is 3.56. The standard InChI is InChI=1S/C38H61N5O8/c1-23(2)31(41-37(48)38(4,5)39)35(46)42(6)32(26-17-13-18-26)29(49-7)22-30(44)43-20-14-19-28(43)33(50-8)24(3)34(45)40-27(36(47)51-9)21-25-15-11-10-12-16-25/h10-12,15-16,23-24,26-29,31-33H,13-14,17-22,39H2,1-9H3,(H,40,45)(H,41,48)/t24-,27+,28+,29-,31+,32+,33-/m1/s1. The highest BCUT2D eigenvalue weighted by Gasteiger charge is 2.45. The van der Waals surface area contributed by atoms with E-state index < -0.39 is 53.7 Å². The lowest BCUT2D eigenvalue weighted by molar-refractivity contribution is -0.149. The fraction of sp³-hybridized carbons (Fsp3) is 0.711. The Morgan fingerprint density at radius 3 is 2.12 bits per heavy atom. The van der Waals surface area contributed by atoms with E-state index in [-0.39, 0.29) is 48.4 Å². The van der Waals surface area contributed by atoms with Crippen molar-refractivity contribution < 1.29 is 38.2 Å². The number of amides is 4. The molecule has 4 amide bonds. The molecule has 0 aromatic heterocycles. The third kappa shape index (κ3) is 10.7. The van der Waals surface area contributed by atoms with Crippen LogP contribution in [-0.2, 0) is 44.6 Å². The van der Waals surface area contributed by atoms with Gasteiger partial charge in [0.05, 0.1) is 49.3 Å². The topological polar surface area (TPSA) is 170 Å². The van der Waals surface area contributed by atoms with E-state index in [1.165, 1.54) is 14.2 Å². The molecule has 1 aromatic rings. The highest BCUT2D eigenvalue weighted by molar-refractivity contribution is 5.92. The van der Waals surface area contributed by atoms with Crippen LogP contribution >= 0.6 is 0 Å². The van der Waals surface area contributed by atoms with E-state index >= 15 is 0 Å². The highest BCUT2D eigenvalue weighted by atomic mass is 16.5. The minimum absolute atomic E-state index is 0.0266. The lowest BCUT2D eigenvalue weighted by Gasteiger charge is -2.45. The number of rotatable bonds is 18. The molecule has 1 saturated carbocycles. The predicted octanol–water partition coefficient (Wildman–Crippen LogP) is 2.44. The number of likely N-dealkylation sites (tertiary alicyclic amines) is 1. The summed E-state index contributed by atoms with van der Waals surface area (Å²) < 4.78 is 16.9. The van der Waals surface area contributed by atoms with Gasteiger partial charge in [-0.05, 0) is 56.9 Å². The first-order valence-electron chi connectivity index (χ1n) is 18.2. The number of nitrogens with two attached hydrogens (primary N) is 1. The second kappa shape index (κ2) is 18.8. The summed E-state index contributed by atoms with van der Waals surface area (Å²) in [5, 5.41) is 5.70. The van der Waals surface area contributed by atoms with Crippen LogP contribution in [0.1, 0.15) is 78.7 Å². The van der Waals surface area contributed by atoms with Gasteiger partial charge in [-0.15, -0.1) is 0 Å². The van der Waals surface area contributed by atoms with Gasteiger partial charge in [0.15, 0.2) is 0 Å². The van der Waals surface area contributed by atoms with E-state index in [2.05, 4.69) is 10.6 Å². The minimum Gasteiger partial charge on any atom is -0.467 e. The molecule has 2 fully saturated rings. The van der Waals surface area contributed by atoms with Gasteiger partial charge < -0.3 is 40.4 Å². The Morgan fingerprint density at radius 2 is 1.61 bits per heavy atom. The maximum absolute atomic E-state index is 14.1. The lowest BCUT2D eigenvalue weighted by Crippen LogP contribution is -2.61. The Labute approximate surface area is 303 Å². The number of hydrogen-bond acceptors (Lipinski definition) is 9. The number of nitrogens with one attached hydrogen (secondary N) is 2. The van der Waals surface area contributed by atoms with Crippen LogP contribution in [0.2, 0.25) is 0 Å². The zero-order valence-corrected chi connectivity index (χ0v) is 32.0. The molecule has 4 N–H and O–H groups in total. The van der Waals surface area contributed by atoms with Gasteiger partial charge in [-0.1, -0.05) is 57.5 Å². The van der Waals surface area contributed by atoms with E-state index in [9.17, 15) is 24.0 Å². The SMILES string of the molecule is COC(=O)[C@H](Cc1ccccc1)NC(=O)[C@H](C)[C@@H](OC)[C@@H]1CCCN1C(=O)C[C@@H](OC)[C@H](C1CCC1)N(C)C(=O)[C@@H](NC(=O)C(C)(C)N)C(C)C. The first-order valence-corrected chi connectivity index (χ1v) is 18.2. The molecular formula is C38H61N5O8. The van der Waals surface area contributed by atoms with Crippen LogP contribution in [0.3, 0.4) is 0 Å². The van der Waals surface area contributed by atoms with Crippen molar-refractivity contribution in [3.05, 3.63) is 35.9 Å². The molecule has 1 aromatic carbocycles. The van der Waals surface area contributed by atoms with Crippen LogP contribution in [0, 0.1) is 17.8 Å². The molecule has 1 saturated heterocycles. The summed E-state index contributed by atoms with van der Waals surface area (Å²) in [6.45, 7) is 9.16. The fourth-order valence-corrected chi connectivity index (χ4v) is 7.27. The number of esters is 1. The van der Waals surface area contributed by atoms with E-state index in [4.69, 9.17) is 19.9 Å². The lowest BCUT2D eigenvalue weighted by atomic mass is 9.76. The van der Waals surface area contributed by atoms with Gasteiger partial charge in [0.2, 0.25) is 23.6 Å². The van der Waals surface area contributed by atoms with Crippen LogP contribution in [0.5, 0.6) is 0 Å². The number of methoxy groups -OCH3 is 3. The van der Waals surface area contributed by atoms with Crippen LogP contribution in [0.25, 0.3) is 0 Å². The van der Waals surface area contributed by atoms with Gasteiger partial charge in [0.1, 0.15) is 12.1 Å². The second-order valence-corrected chi connectivity index (χ2v) is 15.1. The molecule has 1 aliphatic carbocycles. The van der Waals surface area contributed by atoms with E-state index in [1.54, 1.807) is 44.7 Å². The quantitative estimate of drug-likeness (QED) is 0.193. The molecule has 0 bridgehead atoms. The van der Waals surface area contributed by atoms with E-state index in [0.717, 1.165) is 31.2 Å². The van der Waals surface area contributed by atoms with Crippen LogP contribution in [0.15, 0.2) is 30.3 Å². The van der Waals surface area contributed by atoms with E-state index in [0.29, 0.717) is 13.0 Å². The van der Waals surface area contributed by atoms with Gasteiger partial charge in [-0.2, -0.15) is 0 Å². The van der Waals surface area contributed by atoms with Crippen molar-refractivity contribution in [2.45, 2.75) is 121 Å². The fourth-order valence-electron chi connectivity index (χ4n) is 7.27. The summed E-state index contributed by atoms with van der Waals surface area (Å²) in [7, 11) is 6.09. The number of likely N-dealkylation sites (N-methyl/N-ethyl adjacent to an activating group) is 1. The maximum atomic E-state index is 14.1. The minimum atomic E-state index is -1.16. The number of benzene rings is 1. The van der Waals surface area contributed by atoms with Crippen molar-refractivity contribution in [1.82, 2.24) is 20.4 Å². The zero-order valence-electron chi connectivity index (χ0n) is 32.0. The Kier molecular flexibility index (Phi) is 15.4. The molecule has 0 spiro atoms. The van der Waals surface area contributed by atoms with Crippen molar-refractivity contribution in [3.8, 4) is 0 Å². The van der Waals surface area contributed by atoms with Gasteiger partial charge in [0, 0.05) is 34.2 Å². The molecule has 3 rings (SSSR count). The summed E-state index contributed by atoms with van der Waals surface area (Å²) in [6.07, 6.45) is 3.24. The Hall–Kier alpha value is -3.55. The molecular weight excluding hydrogens is 654 g/mol. The molecule has 2 aliphatic rings. The van der Waals surface area contributed by atoms with Crippen molar-refractivity contribution in [2.24, 2.45) is 23.5 Å². The second-order valence-electron chi connectivity index (χ2n) is 15.1. The van der Waals surface area contributed by atoms with Crippen LogP contribution in [-0.4, -0.2) is 116 Å². The Morgan fingerprint density at radius 1 is 0.961 bits per heavy atom.